The molecule has 2 rings (SSSR count). The van der Waals surface area contributed by atoms with Crippen molar-refractivity contribution in [2.24, 2.45) is 0 Å². The number of carbonyl (C=O) groups excluding carboxylic acids is 2. The van der Waals surface area contributed by atoms with E-state index in [0.29, 0.717) is 0 Å². The van der Waals surface area contributed by atoms with Crippen molar-refractivity contribution in [2.45, 2.75) is 18.7 Å². The molecule has 0 unspecified atom stereocenters. The molecule has 7 nitrogen and oxygen atoms in total. The summed E-state index contributed by atoms with van der Waals surface area (Å²) in [6, 6.07) is 10.1. The number of halogens is 2. The van der Waals surface area contributed by atoms with Gasteiger partial charge in [-0.25, -0.2) is 8.42 Å². The minimum atomic E-state index is -3.76. The fraction of sp³-hybridized carbons (Fsp3) is 0.222. The van der Waals surface area contributed by atoms with Gasteiger partial charge in [-0.1, -0.05) is 49.2 Å². The van der Waals surface area contributed by atoms with Gasteiger partial charge in [0, 0.05) is 13.1 Å². The van der Waals surface area contributed by atoms with Crippen molar-refractivity contribution >= 4 is 45.0 Å². The average Bonchev–Trinajstić information content (AvgIpc) is 2.67. The second-order valence-electron chi connectivity index (χ2n) is 5.62. The standard InChI is InChI=1S/C18H19Cl2N3O4S/c1-3-23(4-2)28(26,27)12-9-10-16(20)14(11-12)18(25)22-21-17(24)13-7-5-6-8-15(13)19/h5-11H,3-4H2,1-2H3,(H,21,24)(H,22,25). The lowest BCUT2D eigenvalue weighted by Crippen LogP contribution is -2.42. The van der Waals surface area contributed by atoms with E-state index in [9.17, 15) is 18.0 Å². The zero-order valence-corrected chi connectivity index (χ0v) is 17.5. The maximum atomic E-state index is 12.6. The van der Waals surface area contributed by atoms with Crippen molar-refractivity contribution in [3.63, 3.8) is 0 Å². The summed E-state index contributed by atoms with van der Waals surface area (Å²) in [4.78, 5) is 24.5. The molecule has 2 aromatic rings. The molecule has 0 bridgehead atoms. The van der Waals surface area contributed by atoms with Crippen LogP contribution in [-0.4, -0.2) is 37.6 Å². The number of carbonyl (C=O) groups is 2. The molecule has 0 radical (unpaired) electrons. The van der Waals surface area contributed by atoms with E-state index in [2.05, 4.69) is 10.9 Å². The molecule has 0 aliphatic heterocycles. The first-order chi connectivity index (χ1) is 13.2. The third-order valence-corrected chi connectivity index (χ3v) is 6.64. The van der Waals surface area contributed by atoms with Crippen LogP contribution in [0.15, 0.2) is 47.4 Å². The molecular weight excluding hydrogens is 425 g/mol. The molecule has 150 valence electrons. The van der Waals surface area contributed by atoms with Crippen LogP contribution in [0.4, 0.5) is 0 Å². The van der Waals surface area contributed by atoms with Crippen LogP contribution in [0.3, 0.4) is 0 Å². The summed E-state index contributed by atoms with van der Waals surface area (Å²) in [5.74, 6) is -1.39. The highest BCUT2D eigenvalue weighted by molar-refractivity contribution is 7.89. The Kier molecular flexibility index (Phi) is 7.42. The highest BCUT2D eigenvalue weighted by Crippen LogP contribution is 2.23. The largest absolute Gasteiger partial charge is 0.271 e. The number of hydrogen-bond acceptors (Lipinski definition) is 4. The summed E-state index contributed by atoms with van der Waals surface area (Å²) in [5, 5.41) is 0.266. The lowest BCUT2D eigenvalue weighted by molar-refractivity contribution is 0.0846. The number of amides is 2. The predicted molar refractivity (Wildman–Crippen MR) is 108 cm³/mol. The number of sulfonamides is 1. The molecular formula is C18H19Cl2N3O4S. The van der Waals surface area contributed by atoms with Crippen LogP contribution in [0.5, 0.6) is 0 Å². The monoisotopic (exact) mass is 443 g/mol. The highest BCUT2D eigenvalue weighted by atomic mass is 35.5. The molecule has 10 heteroatoms. The molecule has 0 heterocycles. The Morgan fingerprint density at radius 1 is 0.893 bits per heavy atom. The minimum absolute atomic E-state index is 0.0444. The minimum Gasteiger partial charge on any atom is -0.267 e. The number of hydrazine groups is 1. The fourth-order valence-electron chi connectivity index (χ4n) is 2.44. The topological polar surface area (TPSA) is 95.6 Å². The van der Waals surface area contributed by atoms with E-state index in [0.717, 1.165) is 0 Å². The number of rotatable bonds is 6. The summed E-state index contributed by atoms with van der Waals surface area (Å²) >= 11 is 12.0. The molecule has 0 aliphatic carbocycles. The van der Waals surface area contributed by atoms with Crippen LogP contribution >= 0.6 is 23.2 Å². The smallest absolute Gasteiger partial charge is 0.267 e. The lowest BCUT2D eigenvalue weighted by Gasteiger charge is -2.19. The van der Waals surface area contributed by atoms with Gasteiger partial charge in [0.2, 0.25) is 10.0 Å². The van der Waals surface area contributed by atoms with Gasteiger partial charge in [-0.15, -0.1) is 0 Å². The van der Waals surface area contributed by atoms with Crippen LogP contribution in [0, 0.1) is 0 Å². The Morgan fingerprint density at radius 3 is 2.00 bits per heavy atom. The van der Waals surface area contributed by atoms with E-state index in [1.165, 1.54) is 34.6 Å². The Bertz CT molecular complexity index is 992. The Balaban J connectivity index is 2.22. The van der Waals surface area contributed by atoms with E-state index in [4.69, 9.17) is 23.2 Å². The molecule has 2 N–H and O–H groups in total. The van der Waals surface area contributed by atoms with Crippen LogP contribution < -0.4 is 10.9 Å². The first kappa shape index (κ1) is 22.2. The van der Waals surface area contributed by atoms with Gasteiger partial charge < -0.3 is 0 Å². The molecule has 2 aromatic carbocycles. The summed E-state index contributed by atoms with van der Waals surface area (Å²) in [7, 11) is -3.76. The molecule has 2 amide bonds. The van der Waals surface area contributed by atoms with Crippen molar-refractivity contribution in [3.8, 4) is 0 Å². The van der Waals surface area contributed by atoms with Crippen molar-refractivity contribution < 1.29 is 18.0 Å². The molecule has 0 aromatic heterocycles. The van der Waals surface area contributed by atoms with Gasteiger partial charge in [-0.2, -0.15) is 4.31 Å². The average molecular weight is 444 g/mol. The third-order valence-electron chi connectivity index (χ3n) is 3.93. The van der Waals surface area contributed by atoms with Crippen molar-refractivity contribution in [1.82, 2.24) is 15.2 Å². The van der Waals surface area contributed by atoms with Gasteiger partial charge >= 0.3 is 0 Å². The first-order valence-electron chi connectivity index (χ1n) is 8.37. The molecule has 0 atom stereocenters. The molecule has 0 aliphatic rings. The molecule has 28 heavy (non-hydrogen) atoms. The molecule has 0 saturated carbocycles. The second kappa shape index (κ2) is 9.38. The number of nitrogens with one attached hydrogen (secondary N) is 2. The van der Waals surface area contributed by atoms with E-state index in [1.54, 1.807) is 26.0 Å². The van der Waals surface area contributed by atoms with Crippen LogP contribution in [0.2, 0.25) is 10.0 Å². The van der Waals surface area contributed by atoms with Gasteiger partial charge in [-0.05, 0) is 30.3 Å². The zero-order chi connectivity index (χ0) is 20.9. The Morgan fingerprint density at radius 2 is 1.43 bits per heavy atom. The lowest BCUT2D eigenvalue weighted by atomic mass is 10.2. The number of nitrogens with zero attached hydrogens (tertiary/aromatic N) is 1. The molecule has 0 saturated heterocycles. The first-order valence-corrected chi connectivity index (χ1v) is 10.6. The van der Waals surface area contributed by atoms with Gasteiger partial charge in [0.05, 0.1) is 26.1 Å². The molecule has 0 spiro atoms. The van der Waals surface area contributed by atoms with E-state index < -0.39 is 21.8 Å². The van der Waals surface area contributed by atoms with Crippen molar-refractivity contribution in [1.29, 1.82) is 0 Å². The fourth-order valence-corrected chi connectivity index (χ4v) is 4.35. The van der Waals surface area contributed by atoms with Crippen LogP contribution in [0.1, 0.15) is 34.6 Å². The Hall–Kier alpha value is -2.13. The molecule has 0 fully saturated rings. The van der Waals surface area contributed by atoms with E-state index in [-0.39, 0.29) is 39.2 Å². The Labute approximate surface area is 173 Å². The van der Waals surface area contributed by atoms with Gasteiger partial charge in [0.25, 0.3) is 11.8 Å². The van der Waals surface area contributed by atoms with Gasteiger partial charge in [0.15, 0.2) is 0 Å². The normalized spacial score (nSPS) is 11.3. The highest BCUT2D eigenvalue weighted by Gasteiger charge is 2.24. The number of hydrogen-bond donors (Lipinski definition) is 2. The van der Waals surface area contributed by atoms with Crippen molar-refractivity contribution in [3.05, 3.63) is 63.6 Å². The quantitative estimate of drug-likeness (QED) is 0.670. The van der Waals surface area contributed by atoms with Crippen molar-refractivity contribution in [2.75, 3.05) is 13.1 Å². The number of benzene rings is 2. The van der Waals surface area contributed by atoms with Crippen LogP contribution in [0.25, 0.3) is 0 Å². The summed E-state index contributed by atoms with van der Waals surface area (Å²) < 4.78 is 26.5. The van der Waals surface area contributed by atoms with E-state index in [1.807, 2.05) is 0 Å². The van der Waals surface area contributed by atoms with Gasteiger partial charge in [0.1, 0.15) is 0 Å². The summed E-state index contributed by atoms with van der Waals surface area (Å²) in [6.07, 6.45) is 0. The van der Waals surface area contributed by atoms with E-state index >= 15 is 0 Å². The SMILES string of the molecule is CCN(CC)S(=O)(=O)c1ccc(Cl)c(C(=O)NNC(=O)c2ccccc2Cl)c1. The predicted octanol–water partition coefficient (Wildman–Crippen LogP) is 3.10. The summed E-state index contributed by atoms with van der Waals surface area (Å²) in [6.45, 7) is 4.01. The van der Waals surface area contributed by atoms with Gasteiger partial charge in [-0.3, -0.25) is 20.4 Å². The third kappa shape index (κ3) is 4.82. The maximum absolute atomic E-state index is 12.6. The summed E-state index contributed by atoms with van der Waals surface area (Å²) in [5.41, 5.74) is 4.52. The maximum Gasteiger partial charge on any atom is 0.271 e. The van der Waals surface area contributed by atoms with Crippen LogP contribution in [-0.2, 0) is 10.0 Å². The zero-order valence-electron chi connectivity index (χ0n) is 15.2. The second-order valence-corrected chi connectivity index (χ2v) is 8.37.